The molecular weight excluding hydrogens is 425 g/mol. The van der Waals surface area contributed by atoms with Gasteiger partial charge in [-0.25, -0.2) is 8.78 Å². The highest BCUT2D eigenvalue weighted by molar-refractivity contribution is 6.30. The Kier molecular flexibility index (Phi) is 9.68. The number of benzene rings is 2. The quantitative estimate of drug-likeness (QED) is 0.356. The second kappa shape index (κ2) is 11.2. The molecule has 0 amide bonds. The first-order valence-electron chi connectivity index (χ1n) is 7.86. The van der Waals surface area contributed by atoms with Crippen LogP contribution in [0.3, 0.4) is 0 Å². The molecule has 154 valence electrons. The molecule has 28 heavy (non-hydrogen) atoms. The van der Waals surface area contributed by atoms with Crippen LogP contribution < -0.4 is 22.9 Å². The van der Waals surface area contributed by atoms with Gasteiger partial charge >= 0.3 is 1.43 Å². The lowest BCUT2D eigenvalue weighted by atomic mass is 10.1. The first kappa shape index (κ1) is 24.2. The van der Waals surface area contributed by atoms with Crippen LogP contribution >= 0.6 is 11.6 Å². The minimum Gasteiger partial charge on any atom is -1.00 e. The van der Waals surface area contributed by atoms with Crippen LogP contribution in [0.1, 0.15) is 13.4 Å². The van der Waals surface area contributed by atoms with Gasteiger partial charge in [-0.3, -0.25) is 4.79 Å². The molecule has 10 heteroatoms. The summed E-state index contributed by atoms with van der Waals surface area (Å²) in [5.41, 5.74) is 6.53. The maximum absolute atomic E-state index is 13.5. The van der Waals surface area contributed by atoms with Crippen molar-refractivity contribution < 1.29 is 45.7 Å². The molecule has 0 bridgehead atoms. The van der Waals surface area contributed by atoms with Crippen LogP contribution in [0.15, 0.2) is 30.3 Å². The maximum Gasteiger partial charge on any atom is 1.00 e. The van der Waals surface area contributed by atoms with Crippen molar-refractivity contribution in [2.75, 3.05) is 13.2 Å². The predicted molar refractivity (Wildman–Crippen MR) is 91.6 cm³/mol. The van der Waals surface area contributed by atoms with Crippen LogP contribution in [-0.4, -0.2) is 25.0 Å². The molecule has 0 saturated carbocycles. The molecule has 0 saturated heterocycles. The van der Waals surface area contributed by atoms with E-state index < -0.39 is 47.5 Å². The third-order valence-electron chi connectivity index (χ3n) is 3.60. The summed E-state index contributed by atoms with van der Waals surface area (Å²) in [5, 5.41) is 0.595. The standard InChI is InChI=1S/C18H16ClF4NO3.ClH/c19-11-3-1-10(2-4-11)8-26-6-5-14(24)15(25)9-27-18-16(22)12(20)7-13(21)17(18)23;/h1-4,7,14H,5-6,8-9,24H2;1H/t14-;/m0./s1. The number of nitrogens with two attached hydrogens (primary N) is 1. The number of Topliss-reactive ketones (excluding diaryl/α,β-unsaturated/α-hetero) is 1. The molecule has 2 aromatic rings. The lowest BCUT2D eigenvalue weighted by Crippen LogP contribution is -3.00. The molecule has 2 rings (SSSR count). The molecule has 0 heterocycles. The van der Waals surface area contributed by atoms with Crippen LogP contribution in [0.4, 0.5) is 17.6 Å². The largest absolute Gasteiger partial charge is 1.00 e. The van der Waals surface area contributed by atoms with Crippen molar-refractivity contribution in [3.63, 3.8) is 0 Å². The Morgan fingerprint density at radius 1 is 1.11 bits per heavy atom. The number of carbonyl (C=O) groups is 1. The van der Waals surface area contributed by atoms with E-state index in [-0.39, 0.29) is 39.5 Å². The zero-order valence-electron chi connectivity index (χ0n) is 15.4. The van der Waals surface area contributed by atoms with E-state index >= 15 is 0 Å². The van der Waals surface area contributed by atoms with Gasteiger partial charge in [0.1, 0.15) is 6.61 Å². The minimum absolute atomic E-state index is 0. The van der Waals surface area contributed by atoms with Gasteiger partial charge in [-0.2, -0.15) is 8.78 Å². The van der Waals surface area contributed by atoms with Gasteiger partial charge in [0, 0.05) is 17.7 Å². The molecule has 4 nitrogen and oxygen atoms in total. The highest BCUT2D eigenvalue weighted by Gasteiger charge is 2.22. The molecule has 2 N–H and O–H groups in total. The van der Waals surface area contributed by atoms with Crippen LogP contribution in [0.25, 0.3) is 0 Å². The zero-order valence-corrected chi connectivity index (χ0v) is 15.9. The Morgan fingerprint density at radius 3 is 2.25 bits per heavy atom. The van der Waals surface area contributed by atoms with Crippen molar-refractivity contribution >= 4 is 17.4 Å². The van der Waals surface area contributed by atoms with Crippen LogP contribution in [0.5, 0.6) is 5.75 Å². The lowest BCUT2D eigenvalue weighted by molar-refractivity contribution is -0.122. The van der Waals surface area contributed by atoms with Gasteiger partial charge in [0.05, 0.1) is 12.6 Å². The summed E-state index contributed by atoms with van der Waals surface area (Å²) >= 11 is 5.76. The summed E-state index contributed by atoms with van der Waals surface area (Å²) in [7, 11) is 0. The van der Waals surface area contributed by atoms with E-state index in [0.29, 0.717) is 5.02 Å². The molecule has 0 radical (unpaired) electrons. The molecule has 0 aliphatic carbocycles. The summed E-state index contributed by atoms with van der Waals surface area (Å²) in [6, 6.07) is 5.99. The second-order valence-corrected chi connectivity index (χ2v) is 6.06. The van der Waals surface area contributed by atoms with E-state index in [1.54, 1.807) is 24.3 Å². The van der Waals surface area contributed by atoms with Gasteiger partial charge < -0.3 is 27.6 Å². The van der Waals surface area contributed by atoms with Crippen molar-refractivity contribution in [3.8, 4) is 5.75 Å². The molecule has 0 aromatic heterocycles. The Labute approximate surface area is 171 Å². The van der Waals surface area contributed by atoms with E-state index in [1.807, 2.05) is 0 Å². The second-order valence-electron chi connectivity index (χ2n) is 5.63. The topological polar surface area (TPSA) is 61.5 Å². The van der Waals surface area contributed by atoms with Crippen molar-refractivity contribution in [1.29, 1.82) is 0 Å². The molecule has 2 aromatic carbocycles. The highest BCUT2D eigenvalue weighted by atomic mass is 35.5. The first-order chi connectivity index (χ1) is 12.8. The fourth-order valence-corrected chi connectivity index (χ4v) is 2.20. The Balaban J connectivity index is 0.00000392. The lowest BCUT2D eigenvalue weighted by Gasteiger charge is -2.13. The predicted octanol–water partition coefficient (Wildman–Crippen LogP) is 0.895. The van der Waals surface area contributed by atoms with E-state index in [0.717, 1.165) is 5.56 Å². The molecule has 0 fully saturated rings. The third kappa shape index (κ3) is 6.63. The normalized spacial score (nSPS) is 11.6. The van der Waals surface area contributed by atoms with Gasteiger partial charge in [-0.15, -0.1) is 0 Å². The Morgan fingerprint density at radius 2 is 1.68 bits per heavy atom. The minimum atomic E-state index is -1.72. The molecule has 0 spiro atoms. The smallest absolute Gasteiger partial charge is 1.00 e. The summed E-state index contributed by atoms with van der Waals surface area (Å²) in [4.78, 5) is 11.9. The van der Waals surface area contributed by atoms with Crippen molar-refractivity contribution in [1.82, 2.24) is 0 Å². The number of ether oxygens (including phenoxy) is 2. The fourth-order valence-electron chi connectivity index (χ4n) is 2.07. The van der Waals surface area contributed by atoms with Crippen LogP contribution in [0, 0.1) is 23.3 Å². The van der Waals surface area contributed by atoms with Crippen molar-refractivity contribution in [2.24, 2.45) is 5.73 Å². The molecule has 0 unspecified atom stereocenters. The average molecular weight is 442 g/mol. The summed E-state index contributed by atoms with van der Waals surface area (Å²) in [6.07, 6.45) is 0.123. The summed E-state index contributed by atoms with van der Waals surface area (Å²) < 4.78 is 63.0. The monoisotopic (exact) mass is 441 g/mol. The molecular formula is C18H17Cl2F4NO3. The number of ketones is 1. The van der Waals surface area contributed by atoms with Gasteiger partial charge in [-0.05, 0) is 24.1 Å². The highest BCUT2D eigenvalue weighted by Crippen LogP contribution is 2.26. The SMILES string of the molecule is N[C@@H](CCOCc1ccc(Cl)cc1)C(=O)COc1c(F)c(F)cc(F)c1F.[Cl-].[H+]. The van der Waals surface area contributed by atoms with Crippen LogP contribution in [0.2, 0.25) is 5.02 Å². The molecule has 0 aliphatic rings. The summed E-state index contributed by atoms with van der Waals surface area (Å²) in [6.45, 7) is -0.407. The maximum atomic E-state index is 13.5. The zero-order chi connectivity index (χ0) is 20.0. The first-order valence-corrected chi connectivity index (χ1v) is 8.23. The van der Waals surface area contributed by atoms with Crippen molar-refractivity contribution in [2.45, 2.75) is 19.1 Å². The number of hydrogen-bond acceptors (Lipinski definition) is 4. The molecule has 0 aliphatic heterocycles. The van der Waals surface area contributed by atoms with Gasteiger partial charge in [-0.1, -0.05) is 23.7 Å². The fraction of sp³-hybridized carbons (Fsp3) is 0.278. The van der Waals surface area contributed by atoms with E-state index in [9.17, 15) is 22.4 Å². The Hall–Kier alpha value is -1.87. The molecule has 1 atom stereocenters. The van der Waals surface area contributed by atoms with Crippen molar-refractivity contribution in [3.05, 3.63) is 64.2 Å². The van der Waals surface area contributed by atoms with Gasteiger partial charge in [0.15, 0.2) is 23.2 Å². The number of rotatable bonds is 9. The van der Waals surface area contributed by atoms with E-state index in [1.165, 1.54) is 0 Å². The third-order valence-corrected chi connectivity index (χ3v) is 3.85. The summed E-state index contributed by atoms with van der Waals surface area (Å²) in [5.74, 6) is -8.70. The van der Waals surface area contributed by atoms with Gasteiger partial charge in [0.2, 0.25) is 11.6 Å². The number of hydrogen-bond donors (Lipinski definition) is 1. The number of halogens is 6. The van der Waals surface area contributed by atoms with E-state index in [4.69, 9.17) is 22.1 Å². The Bertz CT molecular complexity index is 786. The van der Waals surface area contributed by atoms with Crippen LogP contribution in [-0.2, 0) is 16.1 Å². The average Bonchev–Trinajstić information content (AvgIpc) is 2.64. The van der Waals surface area contributed by atoms with Gasteiger partial charge in [0.25, 0.3) is 0 Å². The number of carbonyl (C=O) groups excluding carboxylic acids is 1. The van der Waals surface area contributed by atoms with E-state index in [2.05, 4.69) is 4.74 Å².